The topological polar surface area (TPSA) is 45.5 Å². The van der Waals surface area contributed by atoms with E-state index in [2.05, 4.69) is 27.2 Å². The van der Waals surface area contributed by atoms with Crippen molar-refractivity contribution < 1.29 is 0 Å². The van der Waals surface area contributed by atoms with Crippen LogP contribution < -0.4 is 10.2 Å². The van der Waals surface area contributed by atoms with Gasteiger partial charge in [-0.2, -0.15) is 5.10 Å². The molecule has 5 nitrogen and oxygen atoms in total. The van der Waals surface area contributed by atoms with Gasteiger partial charge in [0.2, 0.25) is 0 Å². The molecule has 1 unspecified atom stereocenters. The van der Waals surface area contributed by atoms with E-state index in [9.17, 15) is 0 Å². The lowest BCUT2D eigenvalue weighted by Gasteiger charge is -2.35. The molecule has 3 rings (SSSR count). The predicted octanol–water partition coefficient (Wildman–Crippen LogP) is 1.70. The first-order valence-electron chi connectivity index (χ1n) is 7.16. The summed E-state index contributed by atoms with van der Waals surface area (Å²) in [5.74, 6) is 1.07. The Morgan fingerprint density at radius 2 is 2.42 bits per heavy atom. The van der Waals surface area contributed by atoms with Crippen molar-refractivity contribution >= 4 is 11.3 Å². The van der Waals surface area contributed by atoms with Crippen LogP contribution in [0.1, 0.15) is 26.2 Å². The average Bonchev–Trinajstić information content (AvgIpc) is 2.94. The second-order valence-electron chi connectivity index (χ2n) is 5.11. The van der Waals surface area contributed by atoms with E-state index in [4.69, 9.17) is 0 Å². The molecule has 2 aromatic heterocycles. The summed E-state index contributed by atoms with van der Waals surface area (Å²) >= 11 is 0. The largest absolute Gasteiger partial charge is 0.351 e. The van der Waals surface area contributed by atoms with Crippen molar-refractivity contribution in [3.05, 3.63) is 24.7 Å². The maximum atomic E-state index is 4.61. The van der Waals surface area contributed by atoms with Crippen LogP contribution in [0.4, 0.5) is 5.82 Å². The van der Waals surface area contributed by atoms with Gasteiger partial charge in [-0.3, -0.25) is 0 Å². The number of hydrogen-bond acceptors (Lipinski definition) is 4. The first-order valence-corrected chi connectivity index (χ1v) is 7.16. The number of piperidine rings is 1. The molecule has 0 spiro atoms. The number of anilines is 1. The van der Waals surface area contributed by atoms with Gasteiger partial charge in [-0.1, -0.05) is 6.92 Å². The molecule has 19 heavy (non-hydrogen) atoms. The van der Waals surface area contributed by atoms with E-state index in [-0.39, 0.29) is 0 Å². The molecule has 0 radical (unpaired) electrons. The molecule has 0 amide bonds. The van der Waals surface area contributed by atoms with Crippen LogP contribution in [0.25, 0.3) is 5.52 Å². The van der Waals surface area contributed by atoms with E-state index >= 15 is 0 Å². The van der Waals surface area contributed by atoms with Gasteiger partial charge in [-0.25, -0.2) is 9.50 Å². The summed E-state index contributed by atoms with van der Waals surface area (Å²) in [5.41, 5.74) is 1.10. The fourth-order valence-corrected chi connectivity index (χ4v) is 2.87. The molecule has 1 aliphatic heterocycles. The van der Waals surface area contributed by atoms with Crippen LogP contribution in [0.15, 0.2) is 24.7 Å². The molecule has 1 atom stereocenters. The van der Waals surface area contributed by atoms with Crippen molar-refractivity contribution in [2.75, 3.05) is 24.5 Å². The van der Waals surface area contributed by atoms with E-state index in [1.54, 1.807) is 0 Å². The van der Waals surface area contributed by atoms with Gasteiger partial charge >= 0.3 is 0 Å². The highest BCUT2D eigenvalue weighted by Gasteiger charge is 2.23. The van der Waals surface area contributed by atoms with Crippen LogP contribution in [0.2, 0.25) is 0 Å². The average molecular weight is 259 g/mol. The molecule has 1 saturated heterocycles. The fourth-order valence-electron chi connectivity index (χ4n) is 2.87. The highest BCUT2D eigenvalue weighted by molar-refractivity contribution is 5.68. The minimum atomic E-state index is 0.544. The maximum absolute atomic E-state index is 4.61. The number of fused-ring (bicyclic) bond motifs is 1. The summed E-state index contributed by atoms with van der Waals surface area (Å²) < 4.78 is 1.90. The summed E-state index contributed by atoms with van der Waals surface area (Å²) in [6, 6.07) is 2.59. The van der Waals surface area contributed by atoms with E-state index < -0.39 is 0 Å². The maximum Gasteiger partial charge on any atom is 0.154 e. The smallest absolute Gasteiger partial charge is 0.154 e. The van der Waals surface area contributed by atoms with E-state index in [0.29, 0.717) is 6.04 Å². The molecule has 0 aliphatic carbocycles. The van der Waals surface area contributed by atoms with Gasteiger partial charge in [0.25, 0.3) is 0 Å². The molecule has 0 aromatic carbocycles. The van der Waals surface area contributed by atoms with Crippen LogP contribution in [0, 0.1) is 0 Å². The Balaban J connectivity index is 1.96. The number of nitrogens with one attached hydrogen (secondary N) is 1. The fraction of sp³-hybridized carbons (Fsp3) is 0.571. The monoisotopic (exact) mass is 259 g/mol. The Kier molecular flexibility index (Phi) is 3.64. The van der Waals surface area contributed by atoms with Crippen LogP contribution in [0.5, 0.6) is 0 Å². The normalized spacial score (nSPS) is 19.7. The zero-order chi connectivity index (χ0) is 13.1. The summed E-state index contributed by atoms with van der Waals surface area (Å²) in [4.78, 5) is 7.06. The highest BCUT2D eigenvalue weighted by atomic mass is 15.3. The summed E-state index contributed by atoms with van der Waals surface area (Å²) in [5, 5.41) is 7.79. The minimum absolute atomic E-state index is 0.544. The zero-order valence-electron chi connectivity index (χ0n) is 11.4. The number of nitrogens with zero attached hydrogens (tertiary/aromatic N) is 4. The predicted molar refractivity (Wildman–Crippen MR) is 76.5 cm³/mol. The molecule has 5 heteroatoms. The molecule has 3 heterocycles. The molecule has 2 aromatic rings. The third-order valence-electron chi connectivity index (χ3n) is 3.75. The Bertz CT molecular complexity index is 529. The van der Waals surface area contributed by atoms with E-state index in [0.717, 1.165) is 37.4 Å². The second-order valence-corrected chi connectivity index (χ2v) is 5.11. The summed E-state index contributed by atoms with van der Waals surface area (Å²) in [7, 11) is 0. The second kappa shape index (κ2) is 5.57. The van der Waals surface area contributed by atoms with Gasteiger partial charge in [0.1, 0.15) is 5.52 Å². The Labute approximate surface area is 113 Å². The lowest BCUT2D eigenvalue weighted by Crippen LogP contribution is -2.47. The van der Waals surface area contributed by atoms with Gasteiger partial charge in [0.05, 0.1) is 6.20 Å². The quantitative estimate of drug-likeness (QED) is 0.907. The van der Waals surface area contributed by atoms with E-state index in [1.165, 1.54) is 12.8 Å². The zero-order valence-corrected chi connectivity index (χ0v) is 11.4. The number of hydrogen-bond donors (Lipinski definition) is 1. The third kappa shape index (κ3) is 2.42. The molecule has 1 fully saturated rings. The van der Waals surface area contributed by atoms with Crippen molar-refractivity contribution in [2.45, 2.75) is 32.2 Å². The lowest BCUT2D eigenvalue weighted by atomic mass is 10.1. The van der Waals surface area contributed by atoms with Gasteiger partial charge in [0.15, 0.2) is 5.82 Å². The Morgan fingerprint density at radius 1 is 1.47 bits per heavy atom. The summed E-state index contributed by atoms with van der Waals surface area (Å²) in [6.45, 7) is 5.46. The molecular formula is C14H21N5. The van der Waals surface area contributed by atoms with Crippen LogP contribution in [0.3, 0.4) is 0 Å². The number of aromatic nitrogens is 3. The van der Waals surface area contributed by atoms with Crippen molar-refractivity contribution in [3.8, 4) is 0 Å². The molecule has 0 bridgehead atoms. The van der Waals surface area contributed by atoms with Crippen LogP contribution >= 0.6 is 0 Å². The lowest BCUT2D eigenvalue weighted by molar-refractivity contribution is 0.429. The third-order valence-corrected chi connectivity index (χ3v) is 3.75. The minimum Gasteiger partial charge on any atom is -0.351 e. The standard InChI is InChI=1S/C14H21N5/c1-2-9-18(12-4-3-6-15-11-12)14-13-5-7-17-19(13)10-8-16-14/h5,7-8,10,12,15H,2-4,6,9,11H2,1H3. The Morgan fingerprint density at radius 3 is 3.21 bits per heavy atom. The SMILES string of the molecule is CCCN(c1nccn2nccc12)C1CCCNC1. The summed E-state index contributed by atoms with van der Waals surface area (Å²) in [6.07, 6.45) is 9.20. The number of rotatable bonds is 4. The Hall–Kier alpha value is -1.62. The van der Waals surface area contributed by atoms with Gasteiger partial charge < -0.3 is 10.2 Å². The van der Waals surface area contributed by atoms with Gasteiger partial charge in [-0.15, -0.1) is 0 Å². The van der Waals surface area contributed by atoms with Gasteiger partial charge in [0, 0.05) is 31.5 Å². The molecular weight excluding hydrogens is 238 g/mol. The first-order chi connectivity index (χ1) is 9.40. The van der Waals surface area contributed by atoms with Crippen LogP contribution in [-0.4, -0.2) is 40.3 Å². The molecule has 1 aliphatic rings. The van der Waals surface area contributed by atoms with Crippen LogP contribution in [-0.2, 0) is 0 Å². The van der Waals surface area contributed by atoms with E-state index in [1.807, 2.05) is 29.2 Å². The van der Waals surface area contributed by atoms with Gasteiger partial charge in [-0.05, 0) is 31.9 Å². The molecule has 0 saturated carbocycles. The van der Waals surface area contributed by atoms with Crippen molar-refractivity contribution in [2.24, 2.45) is 0 Å². The molecule has 102 valence electrons. The molecule has 1 N–H and O–H groups in total. The highest BCUT2D eigenvalue weighted by Crippen LogP contribution is 2.23. The first kappa shape index (κ1) is 12.4. The van der Waals surface area contributed by atoms with Crippen molar-refractivity contribution in [3.63, 3.8) is 0 Å². The van der Waals surface area contributed by atoms with Crippen molar-refractivity contribution in [1.29, 1.82) is 0 Å². The van der Waals surface area contributed by atoms with Crippen molar-refractivity contribution in [1.82, 2.24) is 19.9 Å².